The molecular weight excluding hydrogens is 140 g/mol. The summed E-state index contributed by atoms with van der Waals surface area (Å²) in [7, 11) is 0. The van der Waals surface area contributed by atoms with Gasteiger partial charge >= 0.3 is 0 Å². The summed E-state index contributed by atoms with van der Waals surface area (Å²) < 4.78 is 0. The van der Waals surface area contributed by atoms with Gasteiger partial charge in [0.1, 0.15) is 0 Å². The molecular formula is C9H14S. The van der Waals surface area contributed by atoms with Crippen molar-refractivity contribution >= 4 is 11.8 Å². The van der Waals surface area contributed by atoms with E-state index in [2.05, 4.69) is 18.3 Å². The van der Waals surface area contributed by atoms with E-state index in [1.54, 1.807) is 0 Å². The quantitative estimate of drug-likeness (QED) is 0.413. The third-order valence-corrected chi connectivity index (χ3v) is 3.73. The van der Waals surface area contributed by atoms with Crippen LogP contribution in [0.4, 0.5) is 0 Å². The van der Waals surface area contributed by atoms with Crippen LogP contribution < -0.4 is 0 Å². The topological polar surface area (TPSA) is 0 Å². The Balaban J connectivity index is 1.84. The van der Waals surface area contributed by atoms with Crippen LogP contribution in [0.2, 0.25) is 0 Å². The normalized spacial score (nSPS) is 34.4. The molecule has 1 unspecified atom stereocenters. The Morgan fingerprint density at radius 3 is 2.40 bits per heavy atom. The molecule has 0 bridgehead atoms. The fourth-order valence-corrected chi connectivity index (χ4v) is 2.68. The van der Waals surface area contributed by atoms with Gasteiger partial charge in [0.05, 0.1) is 0 Å². The molecule has 2 fully saturated rings. The van der Waals surface area contributed by atoms with Crippen molar-refractivity contribution in [1.29, 1.82) is 0 Å². The van der Waals surface area contributed by atoms with Crippen molar-refractivity contribution in [2.45, 2.75) is 30.9 Å². The van der Waals surface area contributed by atoms with Gasteiger partial charge in [-0.2, -0.15) is 11.8 Å². The van der Waals surface area contributed by atoms with Crippen LogP contribution in [-0.4, -0.2) is 11.0 Å². The second-order valence-corrected chi connectivity index (χ2v) is 4.73. The Bertz CT molecular complexity index is 137. The molecule has 0 spiro atoms. The van der Waals surface area contributed by atoms with Gasteiger partial charge in [-0.15, -0.1) is 0 Å². The van der Waals surface area contributed by atoms with Gasteiger partial charge in [0.2, 0.25) is 0 Å². The van der Waals surface area contributed by atoms with Gasteiger partial charge in [-0.3, -0.25) is 0 Å². The van der Waals surface area contributed by atoms with Crippen LogP contribution in [0.15, 0.2) is 12.2 Å². The lowest BCUT2D eigenvalue weighted by atomic mass is 9.85. The van der Waals surface area contributed by atoms with E-state index in [9.17, 15) is 0 Å². The molecule has 0 aromatic rings. The van der Waals surface area contributed by atoms with E-state index in [-0.39, 0.29) is 0 Å². The molecule has 0 radical (unpaired) electrons. The minimum atomic E-state index is 1.05. The highest BCUT2D eigenvalue weighted by Gasteiger charge is 2.33. The third-order valence-electron chi connectivity index (χ3n) is 2.62. The van der Waals surface area contributed by atoms with Crippen LogP contribution in [0, 0.1) is 5.92 Å². The Kier molecular flexibility index (Phi) is 1.77. The molecule has 0 amide bonds. The Morgan fingerprint density at radius 2 is 1.90 bits per heavy atom. The Labute approximate surface area is 67.1 Å². The van der Waals surface area contributed by atoms with Crippen LogP contribution in [0.3, 0.4) is 0 Å². The summed E-state index contributed by atoms with van der Waals surface area (Å²) in [6, 6.07) is 0. The van der Waals surface area contributed by atoms with Crippen LogP contribution in [-0.2, 0) is 0 Å². The van der Waals surface area contributed by atoms with Gasteiger partial charge in [0.25, 0.3) is 0 Å². The lowest BCUT2D eigenvalue weighted by Gasteiger charge is -2.21. The molecule has 1 atom stereocenters. The summed E-state index contributed by atoms with van der Waals surface area (Å²) in [6.45, 7) is 4.02. The smallest absolute Gasteiger partial charge is 0.0167 e. The van der Waals surface area contributed by atoms with E-state index in [1.807, 2.05) is 0 Å². The highest BCUT2D eigenvalue weighted by Crippen LogP contribution is 2.43. The summed E-state index contributed by atoms with van der Waals surface area (Å²) in [4.78, 5) is 0. The zero-order chi connectivity index (χ0) is 6.97. The molecule has 10 heavy (non-hydrogen) atoms. The van der Waals surface area contributed by atoms with Gasteiger partial charge < -0.3 is 0 Å². The molecule has 2 aliphatic rings. The van der Waals surface area contributed by atoms with E-state index >= 15 is 0 Å². The zero-order valence-electron chi connectivity index (χ0n) is 6.31. The SMILES string of the molecule is C=C1CCC(C2CS2)CC1. The van der Waals surface area contributed by atoms with E-state index < -0.39 is 0 Å². The van der Waals surface area contributed by atoms with Gasteiger partial charge in [-0.05, 0) is 31.6 Å². The number of hydrogen-bond acceptors (Lipinski definition) is 1. The highest BCUT2D eigenvalue weighted by molar-refractivity contribution is 8.06. The maximum Gasteiger partial charge on any atom is 0.0167 e. The summed E-state index contributed by atoms with van der Waals surface area (Å²) >= 11 is 2.15. The monoisotopic (exact) mass is 154 g/mol. The number of hydrogen-bond donors (Lipinski definition) is 0. The zero-order valence-corrected chi connectivity index (χ0v) is 7.12. The van der Waals surface area contributed by atoms with Crippen molar-refractivity contribution < 1.29 is 0 Å². The maximum atomic E-state index is 4.02. The van der Waals surface area contributed by atoms with E-state index in [0.29, 0.717) is 0 Å². The molecule has 1 heteroatoms. The molecule has 1 aliphatic carbocycles. The maximum absolute atomic E-state index is 4.02. The van der Waals surface area contributed by atoms with Gasteiger partial charge in [0, 0.05) is 11.0 Å². The fourth-order valence-electron chi connectivity index (χ4n) is 1.75. The van der Waals surface area contributed by atoms with E-state index in [1.165, 1.54) is 37.0 Å². The standard InChI is InChI=1S/C9H14S/c1-7-2-4-8(5-3-7)9-6-10-9/h8-9H,1-6H2. The van der Waals surface area contributed by atoms with Crippen molar-refractivity contribution in [3.05, 3.63) is 12.2 Å². The lowest BCUT2D eigenvalue weighted by Crippen LogP contribution is -2.12. The predicted molar refractivity (Wildman–Crippen MR) is 47.3 cm³/mol. The molecule has 1 aliphatic heterocycles. The summed E-state index contributed by atoms with van der Waals surface area (Å²) in [5, 5.41) is 1.05. The number of thioether (sulfide) groups is 1. The minimum absolute atomic E-state index is 1.05. The molecule has 0 aromatic heterocycles. The van der Waals surface area contributed by atoms with Crippen molar-refractivity contribution in [3.8, 4) is 0 Å². The van der Waals surface area contributed by atoms with Crippen molar-refractivity contribution in [2.75, 3.05) is 5.75 Å². The highest BCUT2D eigenvalue weighted by atomic mass is 32.2. The molecule has 1 saturated heterocycles. The first kappa shape index (κ1) is 6.78. The average Bonchev–Trinajstić information content (AvgIpc) is 2.71. The van der Waals surface area contributed by atoms with Crippen LogP contribution in [0.25, 0.3) is 0 Å². The Morgan fingerprint density at radius 1 is 1.30 bits per heavy atom. The van der Waals surface area contributed by atoms with Gasteiger partial charge in [-0.25, -0.2) is 0 Å². The van der Waals surface area contributed by atoms with Crippen molar-refractivity contribution in [2.24, 2.45) is 5.92 Å². The second kappa shape index (κ2) is 2.61. The Hall–Kier alpha value is 0.0900. The fraction of sp³-hybridized carbons (Fsp3) is 0.778. The third kappa shape index (κ3) is 1.39. The van der Waals surface area contributed by atoms with Gasteiger partial charge in [0.15, 0.2) is 0 Å². The first-order chi connectivity index (χ1) is 4.86. The minimum Gasteiger partial charge on any atom is -0.156 e. The van der Waals surface area contributed by atoms with E-state index in [0.717, 1.165) is 11.2 Å². The first-order valence-electron chi connectivity index (χ1n) is 4.14. The summed E-state index contributed by atoms with van der Waals surface area (Å²) in [6.07, 6.45) is 5.47. The largest absolute Gasteiger partial charge is 0.156 e. The predicted octanol–water partition coefficient (Wildman–Crippen LogP) is 2.85. The molecule has 0 nitrogen and oxygen atoms in total. The number of allylic oxidation sites excluding steroid dienone is 1. The lowest BCUT2D eigenvalue weighted by molar-refractivity contribution is 0.423. The summed E-state index contributed by atoms with van der Waals surface area (Å²) in [5.41, 5.74) is 1.49. The molecule has 1 saturated carbocycles. The molecule has 2 rings (SSSR count). The number of rotatable bonds is 1. The van der Waals surface area contributed by atoms with Crippen LogP contribution in [0.1, 0.15) is 25.7 Å². The average molecular weight is 154 g/mol. The summed E-state index contributed by atoms with van der Waals surface area (Å²) in [5.74, 6) is 2.49. The van der Waals surface area contributed by atoms with Crippen molar-refractivity contribution in [1.82, 2.24) is 0 Å². The van der Waals surface area contributed by atoms with Crippen molar-refractivity contribution in [3.63, 3.8) is 0 Å². The molecule has 1 heterocycles. The molecule has 56 valence electrons. The second-order valence-electron chi connectivity index (χ2n) is 3.46. The first-order valence-corrected chi connectivity index (χ1v) is 5.19. The molecule has 0 aromatic carbocycles. The van der Waals surface area contributed by atoms with Crippen LogP contribution >= 0.6 is 11.8 Å². The van der Waals surface area contributed by atoms with E-state index in [4.69, 9.17) is 0 Å². The van der Waals surface area contributed by atoms with Gasteiger partial charge in [-0.1, -0.05) is 12.2 Å². The molecule has 0 N–H and O–H groups in total. The van der Waals surface area contributed by atoms with Crippen LogP contribution in [0.5, 0.6) is 0 Å².